The summed E-state index contributed by atoms with van der Waals surface area (Å²) in [5.74, 6) is 5.22. The highest BCUT2D eigenvalue weighted by Crippen LogP contribution is 2.25. The van der Waals surface area contributed by atoms with Crippen molar-refractivity contribution in [2.45, 2.75) is 24.8 Å². The molecular formula is C11H18N4O5S. The monoisotopic (exact) mass is 318 g/mol. The molecule has 0 amide bonds. The first-order chi connectivity index (χ1) is 9.77. The zero-order valence-electron chi connectivity index (χ0n) is 11.7. The highest BCUT2D eigenvalue weighted by atomic mass is 32.2. The quantitative estimate of drug-likeness (QED) is 0.276. The number of non-ortho nitro benzene ring substituents is 1. The van der Waals surface area contributed by atoms with Crippen LogP contribution >= 0.6 is 0 Å². The molecule has 0 aliphatic carbocycles. The van der Waals surface area contributed by atoms with E-state index in [1.807, 2.05) is 13.8 Å². The van der Waals surface area contributed by atoms with E-state index >= 15 is 0 Å². The van der Waals surface area contributed by atoms with E-state index in [2.05, 4.69) is 10.1 Å². The third kappa shape index (κ3) is 4.93. The maximum Gasteiger partial charge on any atom is 0.271 e. The van der Waals surface area contributed by atoms with Gasteiger partial charge < -0.3 is 10.2 Å². The van der Waals surface area contributed by atoms with Gasteiger partial charge in [0.15, 0.2) is 0 Å². The Morgan fingerprint density at radius 3 is 2.62 bits per heavy atom. The lowest BCUT2D eigenvalue weighted by Gasteiger charge is -2.12. The smallest absolute Gasteiger partial charge is 0.271 e. The molecule has 10 heteroatoms. The summed E-state index contributed by atoms with van der Waals surface area (Å²) in [6, 6.07) is 3.28. The molecule has 0 heterocycles. The predicted octanol–water partition coefficient (Wildman–Crippen LogP) is 0.584. The minimum atomic E-state index is -3.84. The first-order valence-electron chi connectivity index (χ1n) is 6.14. The van der Waals surface area contributed by atoms with E-state index in [0.717, 1.165) is 18.2 Å². The van der Waals surface area contributed by atoms with Gasteiger partial charge in [0, 0.05) is 18.7 Å². The second-order valence-corrected chi connectivity index (χ2v) is 6.13. The predicted molar refractivity (Wildman–Crippen MR) is 77.2 cm³/mol. The van der Waals surface area contributed by atoms with Crippen LogP contribution in [0.1, 0.15) is 13.8 Å². The van der Waals surface area contributed by atoms with Gasteiger partial charge in [-0.25, -0.2) is 13.1 Å². The maximum absolute atomic E-state index is 12.1. The molecule has 0 spiro atoms. The Labute approximate surface area is 122 Å². The van der Waals surface area contributed by atoms with E-state index < -0.39 is 14.9 Å². The summed E-state index contributed by atoms with van der Waals surface area (Å²) in [6.45, 7) is 3.97. The van der Waals surface area contributed by atoms with Gasteiger partial charge in [0.2, 0.25) is 10.0 Å². The van der Waals surface area contributed by atoms with Crippen molar-refractivity contribution in [3.8, 4) is 0 Å². The van der Waals surface area contributed by atoms with Crippen molar-refractivity contribution >= 4 is 21.4 Å². The topological polar surface area (TPSA) is 137 Å². The molecule has 0 saturated heterocycles. The fourth-order valence-corrected chi connectivity index (χ4v) is 2.69. The van der Waals surface area contributed by atoms with Gasteiger partial charge in [-0.1, -0.05) is 0 Å². The molecule has 1 rings (SSSR count). The Balaban J connectivity index is 2.90. The Morgan fingerprint density at radius 2 is 2.10 bits per heavy atom. The molecule has 1 aromatic carbocycles. The summed E-state index contributed by atoms with van der Waals surface area (Å²) >= 11 is 0. The second kappa shape index (κ2) is 7.31. The minimum absolute atomic E-state index is 0.00449. The lowest BCUT2D eigenvalue weighted by Crippen LogP contribution is -2.29. The van der Waals surface area contributed by atoms with Crippen LogP contribution < -0.4 is 16.0 Å². The van der Waals surface area contributed by atoms with Crippen LogP contribution in [0.5, 0.6) is 0 Å². The number of nitrogens with two attached hydrogens (primary N) is 1. The molecule has 0 saturated carbocycles. The van der Waals surface area contributed by atoms with Crippen LogP contribution in [0.15, 0.2) is 23.1 Å². The average Bonchev–Trinajstić information content (AvgIpc) is 2.42. The average molecular weight is 318 g/mol. The van der Waals surface area contributed by atoms with E-state index in [1.54, 1.807) is 0 Å². The number of hydrogen-bond donors (Lipinski definition) is 3. The van der Waals surface area contributed by atoms with Gasteiger partial charge >= 0.3 is 0 Å². The standard InChI is InChI=1S/C11H18N4O5S/c1-8(2)20-6-5-13-21(18,19)11-4-3-9(15(16)17)7-10(11)14-12/h3-4,7-8,13-14H,5-6,12H2,1-2H3. The van der Waals surface area contributed by atoms with Gasteiger partial charge in [0.25, 0.3) is 5.69 Å². The number of nitro groups is 1. The Kier molecular flexibility index (Phi) is 6.03. The molecule has 0 atom stereocenters. The van der Waals surface area contributed by atoms with Crippen molar-refractivity contribution in [1.82, 2.24) is 4.72 Å². The number of nitrogens with zero attached hydrogens (tertiary/aromatic N) is 1. The number of benzene rings is 1. The van der Waals surface area contributed by atoms with Gasteiger partial charge in [-0.05, 0) is 19.9 Å². The number of anilines is 1. The summed E-state index contributed by atoms with van der Waals surface area (Å²) in [4.78, 5) is 9.86. The molecule has 118 valence electrons. The number of rotatable bonds is 8. The molecule has 0 fully saturated rings. The SMILES string of the molecule is CC(C)OCCNS(=O)(=O)c1ccc([N+](=O)[O-])cc1NN. The number of nitrogens with one attached hydrogen (secondary N) is 2. The summed E-state index contributed by atoms with van der Waals surface area (Å²) < 4.78 is 31.8. The van der Waals surface area contributed by atoms with E-state index in [9.17, 15) is 18.5 Å². The van der Waals surface area contributed by atoms with E-state index in [-0.39, 0.29) is 35.5 Å². The molecule has 4 N–H and O–H groups in total. The van der Waals surface area contributed by atoms with Crippen molar-refractivity contribution in [1.29, 1.82) is 0 Å². The van der Waals surface area contributed by atoms with Crippen LogP contribution in [0.4, 0.5) is 11.4 Å². The number of nitrogen functional groups attached to an aromatic ring is 1. The number of nitro benzene ring substituents is 1. The Morgan fingerprint density at radius 1 is 1.43 bits per heavy atom. The number of ether oxygens (including phenoxy) is 1. The Hall–Kier alpha value is -1.75. The first-order valence-corrected chi connectivity index (χ1v) is 7.62. The fourth-order valence-electron chi connectivity index (χ4n) is 1.53. The van der Waals surface area contributed by atoms with Crippen LogP contribution in [0, 0.1) is 10.1 Å². The lowest BCUT2D eigenvalue weighted by atomic mass is 10.3. The summed E-state index contributed by atoms with van der Waals surface area (Å²) in [5, 5.41) is 10.7. The minimum Gasteiger partial charge on any atom is -0.377 e. The molecule has 0 radical (unpaired) electrons. The molecule has 0 aliphatic rings. The van der Waals surface area contributed by atoms with Crippen molar-refractivity contribution in [2.75, 3.05) is 18.6 Å². The van der Waals surface area contributed by atoms with Crippen molar-refractivity contribution < 1.29 is 18.1 Å². The normalized spacial score (nSPS) is 11.6. The van der Waals surface area contributed by atoms with Crippen LogP contribution in [0.3, 0.4) is 0 Å². The summed E-state index contributed by atoms with van der Waals surface area (Å²) in [6.07, 6.45) is -0.00449. The van der Waals surface area contributed by atoms with Crippen molar-refractivity contribution in [3.63, 3.8) is 0 Å². The molecule has 0 bridgehead atoms. The summed E-state index contributed by atoms with van der Waals surface area (Å²) in [5.41, 5.74) is 1.84. The van der Waals surface area contributed by atoms with Gasteiger partial charge in [-0.15, -0.1) is 0 Å². The van der Waals surface area contributed by atoms with Gasteiger partial charge in [-0.2, -0.15) is 0 Å². The van der Waals surface area contributed by atoms with Gasteiger partial charge in [-0.3, -0.25) is 16.0 Å². The third-order valence-corrected chi connectivity index (χ3v) is 3.98. The number of sulfonamides is 1. The second-order valence-electron chi connectivity index (χ2n) is 4.40. The van der Waals surface area contributed by atoms with Crippen LogP contribution in [-0.2, 0) is 14.8 Å². The molecule has 21 heavy (non-hydrogen) atoms. The lowest BCUT2D eigenvalue weighted by molar-refractivity contribution is -0.384. The largest absolute Gasteiger partial charge is 0.377 e. The van der Waals surface area contributed by atoms with Crippen molar-refractivity contribution in [3.05, 3.63) is 28.3 Å². The summed E-state index contributed by atoms with van der Waals surface area (Å²) in [7, 11) is -3.84. The molecule has 0 aromatic heterocycles. The zero-order chi connectivity index (χ0) is 16.0. The van der Waals surface area contributed by atoms with Gasteiger partial charge in [0.1, 0.15) is 4.90 Å². The first kappa shape index (κ1) is 17.3. The fraction of sp³-hybridized carbons (Fsp3) is 0.455. The molecule has 9 nitrogen and oxygen atoms in total. The molecule has 0 unspecified atom stereocenters. The van der Waals surface area contributed by atoms with Crippen LogP contribution in [0.25, 0.3) is 0 Å². The molecular weight excluding hydrogens is 300 g/mol. The maximum atomic E-state index is 12.1. The zero-order valence-corrected chi connectivity index (χ0v) is 12.5. The van der Waals surface area contributed by atoms with Crippen LogP contribution in [0.2, 0.25) is 0 Å². The third-order valence-electron chi connectivity index (χ3n) is 2.46. The Bertz CT molecular complexity index is 603. The molecule has 0 aliphatic heterocycles. The van der Waals surface area contributed by atoms with E-state index in [1.165, 1.54) is 0 Å². The highest BCUT2D eigenvalue weighted by Gasteiger charge is 2.20. The number of hydrogen-bond acceptors (Lipinski definition) is 7. The van der Waals surface area contributed by atoms with Crippen LogP contribution in [-0.4, -0.2) is 32.6 Å². The van der Waals surface area contributed by atoms with Crippen molar-refractivity contribution in [2.24, 2.45) is 5.84 Å². The van der Waals surface area contributed by atoms with E-state index in [0.29, 0.717) is 0 Å². The molecule has 1 aromatic rings. The van der Waals surface area contributed by atoms with Gasteiger partial charge in [0.05, 0.1) is 23.3 Å². The van der Waals surface area contributed by atoms with E-state index in [4.69, 9.17) is 10.6 Å². The number of hydrazine groups is 1. The highest BCUT2D eigenvalue weighted by molar-refractivity contribution is 7.89.